The summed E-state index contributed by atoms with van der Waals surface area (Å²) in [6.07, 6.45) is 2.02. The van der Waals surface area contributed by atoms with Gasteiger partial charge in [-0.3, -0.25) is 4.79 Å². The minimum atomic E-state index is -0.569. The summed E-state index contributed by atoms with van der Waals surface area (Å²) in [6, 6.07) is 16.6. The smallest absolute Gasteiger partial charge is 0.251 e. The van der Waals surface area contributed by atoms with Crippen LogP contribution in [0.3, 0.4) is 0 Å². The van der Waals surface area contributed by atoms with Crippen molar-refractivity contribution in [2.45, 2.75) is 32.3 Å². The van der Waals surface area contributed by atoms with Gasteiger partial charge in [-0.2, -0.15) is 0 Å². The lowest BCUT2D eigenvalue weighted by Gasteiger charge is -2.12. The Hall–Kier alpha value is -2.33. The molecule has 0 saturated carbocycles. The monoisotopic (exact) mass is 327 g/mol. The van der Waals surface area contributed by atoms with E-state index in [0.717, 1.165) is 24.2 Å². The third-order valence-electron chi connectivity index (χ3n) is 3.77. The van der Waals surface area contributed by atoms with E-state index in [9.17, 15) is 9.90 Å². The third kappa shape index (κ3) is 5.70. The summed E-state index contributed by atoms with van der Waals surface area (Å²) in [5.74, 6) is 0.634. The standard InChI is InChI=1S/C20H25NO3/c1-2-3-15-24-18-11-9-17(10-12-18)20(23)21-14-13-19(22)16-7-5-4-6-8-16/h4-12,19,22H,2-3,13-15H2,1H3,(H,21,23). The molecule has 2 aromatic rings. The van der Waals surface area contributed by atoms with E-state index in [1.807, 2.05) is 42.5 Å². The molecule has 0 aromatic heterocycles. The Morgan fingerprint density at radius 2 is 1.83 bits per heavy atom. The summed E-state index contributed by atoms with van der Waals surface area (Å²) in [5.41, 5.74) is 1.45. The van der Waals surface area contributed by atoms with Crippen LogP contribution < -0.4 is 10.1 Å². The Balaban J connectivity index is 1.76. The van der Waals surface area contributed by atoms with Crippen LogP contribution in [0.4, 0.5) is 0 Å². The number of carbonyl (C=O) groups excluding carboxylic acids is 1. The quantitative estimate of drug-likeness (QED) is 0.690. The van der Waals surface area contributed by atoms with Crippen LogP contribution in [0, 0.1) is 0 Å². The number of hydrogen-bond donors (Lipinski definition) is 2. The van der Waals surface area contributed by atoms with Crippen LogP contribution in [0.1, 0.15) is 48.2 Å². The lowest BCUT2D eigenvalue weighted by molar-refractivity contribution is 0.0942. The van der Waals surface area contributed by atoms with Crippen molar-refractivity contribution in [3.8, 4) is 5.75 Å². The lowest BCUT2D eigenvalue weighted by atomic mass is 10.1. The fourth-order valence-electron chi connectivity index (χ4n) is 2.30. The van der Waals surface area contributed by atoms with E-state index in [1.165, 1.54) is 0 Å². The topological polar surface area (TPSA) is 58.6 Å². The Kier molecular flexibility index (Phi) is 7.30. The van der Waals surface area contributed by atoms with Gasteiger partial charge in [-0.25, -0.2) is 0 Å². The van der Waals surface area contributed by atoms with Crippen molar-refractivity contribution in [3.63, 3.8) is 0 Å². The second-order valence-corrected chi connectivity index (χ2v) is 5.70. The van der Waals surface area contributed by atoms with Gasteiger partial charge in [0.1, 0.15) is 5.75 Å². The van der Waals surface area contributed by atoms with Crippen molar-refractivity contribution < 1.29 is 14.6 Å². The largest absolute Gasteiger partial charge is 0.494 e. The van der Waals surface area contributed by atoms with Crippen LogP contribution >= 0.6 is 0 Å². The first kappa shape index (κ1) is 18.0. The van der Waals surface area contributed by atoms with Crippen LogP contribution in [-0.4, -0.2) is 24.2 Å². The molecule has 0 radical (unpaired) electrons. The molecule has 0 bridgehead atoms. The van der Waals surface area contributed by atoms with Gasteiger partial charge >= 0.3 is 0 Å². The van der Waals surface area contributed by atoms with Crippen LogP contribution in [0.5, 0.6) is 5.75 Å². The summed E-state index contributed by atoms with van der Waals surface area (Å²) in [6.45, 7) is 3.23. The molecule has 4 nitrogen and oxygen atoms in total. The van der Waals surface area contributed by atoms with Gasteiger partial charge < -0.3 is 15.2 Å². The molecule has 0 aliphatic rings. The van der Waals surface area contributed by atoms with E-state index in [0.29, 0.717) is 25.1 Å². The Morgan fingerprint density at radius 1 is 1.12 bits per heavy atom. The molecule has 0 fully saturated rings. The molecule has 2 N–H and O–H groups in total. The van der Waals surface area contributed by atoms with E-state index >= 15 is 0 Å². The average Bonchev–Trinajstić information content (AvgIpc) is 2.63. The van der Waals surface area contributed by atoms with Crippen molar-refractivity contribution in [2.24, 2.45) is 0 Å². The summed E-state index contributed by atoms with van der Waals surface area (Å²) in [7, 11) is 0. The highest BCUT2D eigenvalue weighted by molar-refractivity contribution is 5.94. The molecule has 0 aliphatic heterocycles. The molecular formula is C20H25NO3. The number of aliphatic hydroxyl groups excluding tert-OH is 1. The summed E-state index contributed by atoms with van der Waals surface area (Å²) < 4.78 is 5.58. The third-order valence-corrected chi connectivity index (χ3v) is 3.77. The maximum absolute atomic E-state index is 12.1. The van der Waals surface area contributed by atoms with Gasteiger partial charge in [0, 0.05) is 12.1 Å². The van der Waals surface area contributed by atoms with Crippen molar-refractivity contribution >= 4 is 5.91 Å². The van der Waals surface area contributed by atoms with Gasteiger partial charge in [0.2, 0.25) is 0 Å². The van der Waals surface area contributed by atoms with Crippen LogP contribution in [0.2, 0.25) is 0 Å². The first-order valence-corrected chi connectivity index (χ1v) is 8.44. The van der Waals surface area contributed by atoms with Gasteiger partial charge in [-0.15, -0.1) is 0 Å². The average molecular weight is 327 g/mol. The zero-order valence-corrected chi connectivity index (χ0v) is 14.1. The van der Waals surface area contributed by atoms with Crippen molar-refractivity contribution in [1.29, 1.82) is 0 Å². The molecule has 2 aromatic carbocycles. The molecule has 0 aliphatic carbocycles. The zero-order valence-electron chi connectivity index (χ0n) is 14.1. The van der Waals surface area contributed by atoms with Gasteiger partial charge in [-0.05, 0) is 42.7 Å². The number of benzene rings is 2. The zero-order chi connectivity index (χ0) is 17.2. The second kappa shape index (κ2) is 9.73. The maximum atomic E-state index is 12.1. The van der Waals surface area contributed by atoms with Gasteiger partial charge in [0.15, 0.2) is 0 Å². The number of nitrogens with one attached hydrogen (secondary N) is 1. The molecule has 1 unspecified atom stereocenters. The highest BCUT2D eigenvalue weighted by Crippen LogP contribution is 2.15. The summed E-state index contributed by atoms with van der Waals surface area (Å²) >= 11 is 0. The number of rotatable bonds is 9. The molecule has 1 amide bonds. The molecular weight excluding hydrogens is 302 g/mol. The van der Waals surface area contributed by atoms with Gasteiger partial charge in [0.05, 0.1) is 12.7 Å². The molecule has 2 rings (SSSR count). The van der Waals surface area contributed by atoms with Crippen LogP contribution in [0.25, 0.3) is 0 Å². The maximum Gasteiger partial charge on any atom is 0.251 e. The molecule has 0 spiro atoms. The first-order valence-electron chi connectivity index (χ1n) is 8.44. The van der Waals surface area contributed by atoms with E-state index in [4.69, 9.17) is 4.74 Å². The van der Waals surface area contributed by atoms with Crippen molar-refractivity contribution in [3.05, 3.63) is 65.7 Å². The highest BCUT2D eigenvalue weighted by Gasteiger charge is 2.09. The van der Waals surface area contributed by atoms with Crippen molar-refractivity contribution in [1.82, 2.24) is 5.32 Å². The van der Waals surface area contributed by atoms with E-state index in [2.05, 4.69) is 12.2 Å². The Bertz CT molecular complexity index is 611. The van der Waals surface area contributed by atoms with Crippen molar-refractivity contribution in [2.75, 3.05) is 13.2 Å². The number of unbranched alkanes of at least 4 members (excludes halogenated alkanes) is 1. The van der Waals surface area contributed by atoms with E-state index in [1.54, 1.807) is 12.1 Å². The van der Waals surface area contributed by atoms with Gasteiger partial charge in [-0.1, -0.05) is 43.7 Å². The van der Waals surface area contributed by atoms with Gasteiger partial charge in [0.25, 0.3) is 5.91 Å². The fraction of sp³-hybridized carbons (Fsp3) is 0.350. The minimum absolute atomic E-state index is 0.143. The molecule has 4 heteroatoms. The molecule has 0 saturated heterocycles. The van der Waals surface area contributed by atoms with Crippen LogP contribution in [0.15, 0.2) is 54.6 Å². The van der Waals surface area contributed by atoms with Crippen LogP contribution in [-0.2, 0) is 0 Å². The normalized spacial score (nSPS) is 11.8. The molecule has 1 atom stereocenters. The Labute approximate surface area is 143 Å². The van der Waals surface area contributed by atoms with E-state index in [-0.39, 0.29) is 5.91 Å². The predicted molar refractivity (Wildman–Crippen MR) is 95.2 cm³/mol. The highest BCUT2D eigenvalue weighted by atomic mass is 16.5. The molecule has 24 heavy (non-hydrogen) atoms. The number of aliphatic hydroxyl groups is 1. The summed E-state index contributed by atoms with van der Waals surface area (Å²) in [4.78, 5) is 12.1. The molecule has 0 heterocycles. The number of carbonyl (C=O) groups is 1. The fourth-order valence-corrected chi connectivity index (χ4v) is 2.30. The number of hydrogen-bond acceptors (Lipinski definition) is 3. The second-order valence-electron chi connectivity index (χ2n) is 5.70. The van der Waals surface area contributed by atoms with E-state index < -0.39 is 6.10 Å². The minimum Gasteiger partial charge on any atom is -0.494 e. The SMILES string of the molecule is CCCCOc1ccc(C(=O)NCCC(O)c2ccccc2)cc1. The number of ether oxygens (including phenoxy) is 1. The lowest BCUT2D eigenvalue weighted by Crippen LogP contribution is -2.25. The summed E-state index contributed by atoms with van der Waals surface area (Å²) in [5, 5.41) is 12.9. The number of amides is 1. The predicted octanol–water partition coefficient (Wildman–Crippen LogP) is 3.72. The first-order chi connectivity index (χ1) is 11.7. The Morgan fingerprint density at radius 3 is 2.50 bits per heavy atom. The molecule has 128 valence electrons.